The standard InChI is InChI=1S/C26H31N3O2S.C2HF3O2/c1-25(2,3)19-11-13-20(14-12-19)29(24(31)21-10-8-16-32-21)22(18-9-7-15-27-17-18)23(30)28-26(4,5)6;3-2(4,5)1(6)7/h7-17,22H,1-6H3,(H,28,30);(H,6,7). The summed E-state index contributed by atoms with van der Waals surface area (Å²) in [5.74, 6) is -3.23. The molecular formula is C28H32F3N3O4S. The summed E-state index contributed by atoms with van der Waals surface area (Å²) in [4.78, 5) is 42.5. The monoisotopic (exact) mass is 563 g/mol. The zero-order valence-electron chi connectivity index (χ0n) is 22.5. The van der Waals surface area contributed by atoms with Crippen molar-refractivity contribution in [2.45, 2.75) is 64.7 Å². The van der Waals surface area contributed by atoms with Gasteiger partial charge in [-0.15, -0.1) is 11.3 Å². The minimum absolute atomic E-state index is 0.0204. The van der Waals surface area contributed by atoms with Gasteiger partial charge < -0.3 is 10.4 Å². The van der Waals surface area contributed by atoms with Gasteiger partial charge in [-0.3, -0.25) is 19.5 Å². The number of nitrogens with zero attached hydrogens (tertiary/aromatic N) is 2. The Bertz CT molecular complexity index is 1250. The van der Waals surface area contributed by atoms with Crippen LogP contribution in [0.5, 0.6) is 0 Å². The molecule has 1 atom stereocenters. The number of carbonyl (C=O) groups is 3. The van der Waals surface area contributed by atoms with Gasteiger partial charge in [0.25, 0.3) is 5.91 Å². The predicted molar refractivity (Wildman–Crippen MR) is 145 cm³/mol. The molecule has 1 unspecified atom stereocenters. The maximum Gasteiger partial charge on any atom is 0.490 e. The molecule has 39 heavy (non-hydrogen) atoms. The van der Waals surface area contributed by atoms with Crippen LogP contribution in [0.4, 0.5) is 18.9 Å². The zero-order chi connectivity index (χ0) is 29.6. The van der Waals surface area contributed by atoms with Gasteiger partial charge in [0.1, 0.15) is 6.04 Å². The van der Waals surface area contributed by atoms with Crippen LogP contribution in [0, 0.1) is 0 Å². The average molecular weight is 564 g/mol. The van der Waals surface area contributed by atoms with Gasteiger partial charge in [0, 0.05) is 29.2 Å². The van der Waals surface area contributed by atoms with Gasteiger partial charge in [-0.2, -0.15) is 13.2 Å². The van der Waals surface area contributed by atoms with Crippen LogP contribution in [-0.4, -0.2) is 39.6 Å². The number of hydrogen-bond acceptors (Lipinski definition) is 5. The van der Waals surface area contributed by atoms with E-state index in [2.05, 4.69) is 31.1 Å². The first-order valence-corrected chi connectivity index (χ1v) is 12.8. The molecule has 210 valence electrons. The van der Waals surface area contributed by atoms with E-state index in [-0.39, 0.29) is 17.2 Å². The Balaban J connectivity index is 0.000000673. The molecule has 2 aromatic heterocycles. The smallest absolute Gasteiger partial charge is 0.475 e. The second-order valence-electron chi connectivity index (χ2n) is 10.7. The highest BCUT2D eigenvalue weighted by atomic mass is 32.1. The van der Waals surface area contributed by atoms with E-state index in [0.29, 0.717) is 16.1 Å². The molecule has 0 spiro atoms. The normalized spacial score (nSPS) is 12.5. The van der Waals surface area contributed by atoms with Crippen LogP contribution < -0.4 is 10.2 Å². The van der Waals surface area contributed by atoms with E-state index in [1.165, 1.54) is 11.3 Å². The summed E-state index contributed by atoms with van der Waals surface area (Å²) in [5, 5.41) is 12.0. The summed E-state index contributed by atoms with van der Waals surface area (Å²) in [6.45, 7) is 12.2. The predicted octanol–water partition coefficient (Wildman–Crippen LogP) is 6.38. The number of carboxylic acid groups (broad SMARTS) is 1. The quantitative estimate of drug-likeness (QED) is 0.376. The van der Waals surface area contributed by atoms with E-state index in [1.807, 2.05) is 62.5 Å². The molecule has 0 bridgehead atoms. The number of anilines is 1. The lowest BCUT2D eigenvalue weighted by molar-refractivity contribution is -0.192. The maximum absolute atomic E-state index is 13.7. The SMILES string of the molecule is CC(C)(C)NC(=O)C(c1cccnc1)N(C(=O)c1cccs1)c1ccc(C(C)(C)C)cc1.O=C(O)C(F)(F)F. The molecule has 2 heterocycles. The topological polar surface area (TPSA) is 99.6 Å². The summed E-state index contributed by atoms with van der Waals surface area (Å²) in [6, 6.07) is 14.2. The number of alkyl halides is 3. The molecule has 1 aromatic carbocycles. The summed E-state index contributed by atoms with van der Waals surface area (Å²) < 4.78 is 31.7. The number of hydrogen-bond donors (Lipinski definition) is 2. The first kappa shape index (κ1) is 31.5. The number of rotatable bonds is 5. The Labute approximate surface area is 229 Å². The third-order valence-electron chi connectivity index (χ3n) is 5.21. The van der Waals surface area contributed by atoms with Crippen molar-refractivity contribution >= 4 is 34.8 Å². The van der Waals surface area contributed by atoms with Crippen LogP contribution in [0.1, 0.15) is 68.4 Å². The van der Waals surface area contributed by atoms with E-state index in [1.54, 1.807) is 29.4 Å². The van der Waals surface area contributed by atoms with Gasteiger partial charge in [-0.25, -0.2) is 4.79 Å². The van der Waals surface area contributed by atoms with E-state index < -0.39 is 23.7 Å². The van der Waals surface area contributed by atoms with Crippen LogP contribution in [0.2, 0.25) is 0 Å². The highest BCUT2D eigenvalue weighted by Gasteiger charge is 2.38. The number of pyridine rings is 1. The van der Waals surface area contributed by atoms with Crippen molar-refractivity contribution in [3.63, 3.8) is 0 Å². The fourth-order valence-corrected chi connectivity index (χ4v) is 4.08. The minimum atomic E-state index is -5.08. The molecule has 7 nitrogen and oxygen atoms in total. The van der Waals surface area contributed by atoms with Crippen LogP contribution in [-0.2, 0) is 15.0 Å². The fraction of sp³-hybridized carbons (Fsp3) is 0.357. The molecule has 3 aromatic rings. The minimum Gasteiger partial charge on any atom is -0.475 e. The van der Waals surface area contributed by atoms with E-state index in [9.17, 15) is 22.8 Å². The van der Waals surface area contributed by atoms with Crippen molar-refractivity contribution in [2.75, 3.05) is 4.90 Å². The van der Waals surface area contributed by atoms with Crippen molar-refractivity contribution in [1.82, 2.24) is 10.3 Å². The number of thiophene rings is 1. The zero-order valence-corrected chi connectivity index (χ0v) is 23.4. The number of amides is 2. The number of aromatic nitrogens is 1. The Morgan fingerprint density at radius 3 is 1.95 bits per heavy atom. The van der Waals surface area contributed by atoms with Crippen LogP contribution in [0.3, 0.4) is 0 Å². The summed E-state index contributed by atoms with van der Waals surface area (Å²) >= 11 is 1.36. The molecule has 2 amide bonds. The average Bonchev–Trinajstić information content (AvgIpc) is 3.36. The third-order valence-corrected chi connectivity index (χ3v) is 6.07. The van der Waals surface area contributed by atoms with Crippen molar-refractivity contribution in [3.8, 4) is 0 Å². The van der Waals surface area contributed by atoms with E-state index in [4.69, 9.17) is 9.90 Å². The van der Waals surface area contributed by atoms with E-state index in [0.717, 1.165) is 5.56 Å². The molecule has 11 heteroatoms. The number of aliphatic carboxylic acids is 1. The van der Waals surface area contributed by atoms with E-state index >= 15 is 0 Å². The number of halogens is 3. The van der Waals surface area contributed by atoms with Gasteiger partial charge in [0.15, 0.2) is 0 Å². The lowest BCUT2D eigenvalue weighted by atomic mass is 9.87. The second kappa shape index (κ2) is 12.4. The molecule has 0 aliphatic heterocycles. The van der Waals surface area contributed by atoms with Crippen LogP contribution in [0.15, 0.2) is 66.3 Å². The largest absolute Gasteiger partial charge is 0.490 e. The lowest BCUT2D eigenvalue weighted by Gasteiger charge is -2.33. The van der Waals surface area contributed by atoms with Gasteiger partial charge in [0.2, 0.25) is 5.91 Å². The molecule has 0 fully saturated rings. The molecule has 0 saturated heterocycles. The molecule has 0 saturated carbocycles. The van der Waals surface area contributed by atoms with Crippen molar-refractivity contribution in [2.24, 2.45) is 0 Å². The fourth-order valence-electron chi connectivity index (χ4n) is 3.42. The second-order valence-corrected chi connectivity index (χ2v) is 11.6. The number of benzene rings is 1. The summed E-state index contributed by atoms with van der Waals surface area (Å²) in [6.07, 6.45) is -1.78. The Morgan fingerprint density at radius 2 is 1.54 bits per heavy atom. The maximum atomic E-state index is 13.7. The lowest BCUT2D eigenvalue weighted by Crippen LogP contribution is -2.49. The molecule has 3 rings (SSSR count). The first-order valence-electron chi connectivity index (χ1n) is 11.9. The van der Waals surface area contributed by atoms with Gasteiger partial charge >= 0.3 is 12.1 Å². The molecule has 0 aliphatic rings. The third kappa shape index (κ3) is 9.20. The molecule has 0 aliphatic carbocycles. The Kier molecular flexibility index (Phi) is 10.0. The summed E-state index contributed by atoms with van der Waals surface area (Å²) in [5.41, 5.74) is 1.99. The first-order chi connectivity index (χ1) is 17.9. The Hall–Kier alpha value is -3.73. The Morgan fingerprint density at radius 1 is 0.949 bits per heavy atom. The van der Waals surface area contributed by atoms with Gasteiger partial charge in [-0.05, 0) is 61.4 Å². The highest BCUT2D eigenvalue weighted by Crippen LogP contribution is 2.33. The number of nitrogens with one attached hydrogen (secondary N) is 1. The van der Waals surface area contributed by atoms with Crippen molar-refractivity contribution in [3.05, 3.63) is 82.3 Å². The molecular weight excluding hydrogens is 531 g/mol. The van der Waals surface area contributed by atoms with Crippen LogP contribution >= 0.6 is 11.3 Å². The molecule has 0 radical (unpaired) electrons. The van der Waals surface area contributed by atoms with Gasteiger partial charge in [-0.1, -0.05) is 45.0 Å². The number of carbonyl (C=O) groups excluding carboxylic acids is 2. The van der Waals surface area contributed by atoms with Gasteiger partial charge in [0.05, 0.1) is 4.88 Å². The van der Waals surface area contributed by atoms with Crippen molar-refractivity contribution in [1.29, 1.82) is 0 Å². The van der Waals surface area contributed by atoms with Crippen molar-refractivity contribution < 1.29 is 32.7 Å². The highest BCUT2D eigenvalue weighted by molar-refractivity contribution is 7.12. The summed E-state index contributed by atoms with van der Waals surface area (Å²) in [7, 11) is 0. The van der Waals surface area contributed by atoms with Crippen LogP contribution in [0.25, 0.3) is 0 Å². The molecule has 2 N–H and O–H groups in total. The number of carboxylic acids is 1.